The zero-order chi connectivity index (χ0) is 17.5. The minimum absolute atomic E-state index is 0.00438. The molecule has 4 N–H and O–H groups in total. The molecule has 0 heterocycles. The van der Waals surface area contributed by atoms with Crippen LogP contribution in [0.4, 0.5) is 5.69 Å². The number of phenols is 1. The fourth-order valence-corrected chi connectivity index (χ4v) is 2.95. The molecule has 0 fully saturated rings. The van der Waals surface area contributed by atoms with Crippen LogP contribution in [0.5, 0.6) is 5.75 Å². The number of phenolic OH excluding ortho intramolecular Hbond substituents is 1. The summed E-state index contributed by atoms with van der Waals surface area (Å²) < 4.78 is 23.8. The third-order valence-corrected chi connectivity index (χ3v) is 5.13. The van der Waals surface area contributed by atoms with Crippen molar-refractivity contribution >= 4 is 41.7 Å². The molecule has 1 unspecified atom stereocenters. The van der Waals surface area contributed by atoms with Crippen LogP contribution >= 0.6 is 11.6 Å². The number of nitrogens with one attached hydrogen (secondary N) is 1. The van der Waals surface area contributed by atoms with E-state index in [9.17, 15) is 8.53 Å². The van der Waals surface area contributed by atoms with Gasteiger partial charge in [0.1, 0.15) is 5.75 Å². The van der Waals surface area contributed by atoms with E-state index in [1.54, 1.807) is 18.2 Å². The van der Waals surface area contributed by atoms with E-state index in [1.807, 2.05) is 0 Å². The summed E-state index contributed by atoms with van der Waals surface area (Å²) in [6, 6.07) is 12.0. The maximum absolute atomic E-state index is 11.2. The first-order valence-electron chi connectivity index (χ1n) is 6.23. The van der Waals surface area contributed by atoms with Gasteiger partial charge in [0.25, 0.3) is 0 Å². The van der Waals surface area contributed by atoms with Crippen LogP contribution in [-0.2, 0) is 12.4 Å². The van der Waals surface area contributed by atoms with Gasteiger partial charge >= 0.3 is 88.4 Å². The monoisotopic (exact) mass is 403 g/mol. The maximum Gasteiger partial charge on any atom is 0.117 e. The Morgan fingerprint density at radius 1 is 1.22 bits per heavy atom. The van der Waals surface area contributed by atoms with Crippen LogP contribution in [0.1, 0.15) is 6.92 Å². The Bertz CT molecular complexity index is 689. The number of aromatic hydroxyl groups is 1. The second-order valence-corrected chi connectivity index (χ2v) is 8.36. The molecule has 0 aromatic heterocycles. The molecular weight excluding hydrogens is 389 g/mol. The molecule has 1 amide bonds. The van der Waals surface area contributed by atoms with Gasteiger partial charge in [-0.15, -0.1) is 0 Å². The number of carbonyl (C=O) groups is 1. The van der Waals surface area contributed by atoms with Crippen LogP contribution in [0, 0.1) is 0 Å². The summed E-state index contributed by atoms with van der Waals surface area (Å²) in [5.41, 5.74) is 0.500. The van der Waals surface area contributed by atoms with Crippen LogP contribution < -0.4 is 9.67 Å². The topological polar surface area (TPSA) is 116 Å². The van der Waals surface area contributed by atoms with Crippen LogP contribution in [0.2, 0.25) is 5.02 Å². The van der Waals surface area contributed by atoms with Gasteiger partial charge in [-0.05, 0) is 18.2 Å². The number of halogens is 1. The van der Waals surface area contributed by atoms with E-state index in [2.05, 4.69) is 9.19 Å². The van der Waals surface area contributed by atoms with Crippen molar-refractivity contribution in [2.24, 2.45) is 0 Å². The molecule has 2 aromatic carbocycles. The molecule has 0 aliphatic rings. The van der Waals surface area contributed by atoms with Crippen molar-refractivity contribution in [1.82, 2.24) is 0 Å². The van der Waals surface area contributed by atoms with Gasteiger partial charge in [0.05, 0.1) is 0 Å². The van der Waals surface area contributed by atoms with Crippen molar-refractivity contribution in [1.29, 1.82) is 0 Å². The predicted octanol–water partition coefficient (Wildman–Crippen LogP) is 1.75. The first-order chi connectivity index (χ1) is 10.7. The van der Waals surface area contributed by atoms with Crippen molar-refractivity contribution in [2.75, 3.05) is 5.32 Å². The number of hydrogen-bond donors (Lipinski definition) is 4. The maximum atomic E-state index is 11.2. The van der Waals surface area contributed by atoms with Gasteiger partial charge in [-0.2, -0.15) is 0 Å². The van der Waals surface area contributed by atoms with Crippen LogP contribution in [0.3, 0.4) is 0 Å². The average Bonchev–Trinajstić information content (AvgIpc) is 2.47. The van der Waals surface area contributed by atoms with Gasteiger partial charge in [-0.25, -0.2) is 0 Å². The van der Waals surface area contributed by atoms with Gasteiger partial charge in [-0.3, -0.25) is 0 Å². The molecule has 23 heavy (non-hydrogen) atoms. The molecular formula is C14H15AsClNO6. The van der Waals surface area contributed by atoms with Gasteiger partial charge in [0.2, 0.25) is 0 Å². The van der Waals surface area contributed by atoms with Crippen LogP contribution in [-0.4, -0.2) is 34.5 Å². The summed E-state index contributed by atoms with van der Waals surface area (Å²) in [6.45, 7) is 1.35. The second kappa shape index (κ2) is 8.76. The standard InChI is InChI=1S/C8H10AsNO5.C6H5ClO/c1-6(11)10-8-4-2-7(3-5-8)9(12,13)15-14;7-5-2-1-3-6(8)4-5/h2-5,14H,1H3,(H,10,11)(H,12,13);1-4,8H. The Morgan fingerprint density at radius 3 is 2.22 bits per heavy atom. The normalized spacial score (nSPS) is 12.5. The molecule has 0 aliphatic carbocycles. The first-order valence-corrected chi connectivity index (χ1v) is 9.92. The molecule has 124 valence electrons. The number of benzene rings is 2. The van der Waals surface area contributed by atoms with E-state index < -0.39 is 14.2 Å². The summed E-state index contributed by atoms with van der Waals surface area (Å²) in [6.07, 6.45) is 0. The summed E-state index contributed by atoms with van der Waals surface area (Å²) in [4.78, 5) is 10.7. The Hall–Kier alpha value is -1.76. The fraction of sp³-hybridized carbons (Fsp3) is 0.0714. The number of amides is 1. The molecule has 2 rings (SSSR count). The third-order valence-electron chi connectivity index (χ3n) is 2.43. The predicted molar refractivity (Wildman–Crippen MR) is 85.9 cm³/mol. The van der Waals surface area contributed by atoms with E-state index >= 15 is 0 Å². The number of rotatable bonds is 3. The molecule has 1 atom stereocenters. The third kappa shape index (κ3) is 6.90. The van der Waals surface area contributed by atoms with E-state index in [0.29, 0.717) is 10.7 Å². The molecule has 0 saturated heterocycles. The number of anilines is 1. The summed E-state index contributed by atoms with van der Waals surface area (Å²) in [5, 5.41) is 20.0. The molecule has 0 radical (unpaired) electrons. The van der Waals surface area contributed by atoms with Crippen LogP contribution in [0.25, 0.3) is 0 Å². The van der Waals surface area contributed by atoms with Crippen molar-refractivity contribution in [2.45, 2.75) is 6.92 Å². The second-order valence-electron chi connectivity index (χ2n) is 4.31. The quantitative estimate of drug-likeness (QED) is 0.352. The van der Waals surface area contributed by atoms with Crippen LogP contribution in [0.15, 0.2) is 48.5 Å². The SMILES string of the molecule is CC(=O)Nc1ccc([As](=O)(O)OO)cc1.Oc1cccc(Cl)c1. The Kier molecular flexibility index (Phi) is 7.35. The van der Waals surface area contributed by atoms with Crippen molar-refractivity contribution in [3.05, 3.63) is 53.6 Å². The average molecular weight is 404 g/mol. The summed E-state index contributed by atoms with van der Waals surface area (Å²) in [5.74, 6) is -0.0313. The molecule has 0 spiro atoms. The van der Waals surface area contributed by atoms with E-state index in [0.717, 1.165) is 0 Å². The zero-order valence-electron chi connectivity index (χ0n) is 12.0. The van der Waals surface area contributed by atoms with E-state index in [1.165, 1.54) is 37.3 Å². The summed E-state index contributed by atoms with van der Waals surface area (Å²) in [7, 11) is 0. The van der Waals surface area contributed by atoms with Gasteiger partial charge in [0, 0.05) is 5.02 Å². The van der Waals surface area contributed by atoms with Crippen molar-refractivity contribution in [3.8, 4) is 5.75 Å². The Labute approximate surface area is 140 Å². The molecule has 0 bridgehead atoms. The minimum Gasteiger partial charge on any atom is -0.508 e. The molecule has 0 saturated carbocycles. The molecule has 2 aromatic rings. The van der Waals surface area contributed by atoms with Gasteiger partial charge in [0.15, 0.2) is 0 Å². The minimum atomic E-state index is -4.76. The first kappa shape index (κ1) is 19.3. The van der Waals surface area contributed by atoms with E-state index in [4.69, 9.17) is 26.1 Å². The smallest absolute Gasteiger partial charge is 0.117 e. The molecule has 0 aliphatic heterocycles. The largest absolute Gasteiger partial charge is 0.508 e. The Morgan fingerprint density at radius 2 is 1.83 bits per heavy atom. The summed E-state index contributed by atoms with van der Waals surface area (Å²) >= 11 is 0.721. The van der Waals surface area contributed by atoms with E-state index in [-0.39, 0.29) is 16.0 Å². The number of hydrogen-bond acceptors (Lipinski definition) is 5. The van der Waals surface area contributed by atoms with Crippen molar-refractivity contribution < 1.29 is 26.9 Å². The molecule has 9 heteroatoms. The fourth-order valence-electron chi connectivity index (χ4n) is 1.46. The molecule has 7 nitrogen and oxygen atoms in total. The van der Waals surface area contributed by atoms with Gasteiger partial charge < -0.3 is 5.11 Å². The Balaban J connectivity index is 0.000000277. The number of carbonyl (C=O) groups excluding carboxylic acids is 1. The van der Waals surface area contributed by atoms with Gasteiger partial charge in [-0.1, -0.05) is 17.7 Å². The zero-order valence-corrected chi connectivity index (χ0v) is 14.6. The van der Waals surface area contributed by atoms with Crippen molar-refractivity contribution in [3.63, 3.8) is 0 Å².